The van der Waals surface area contributed by atoms with Crippen LogP contribution < -0.4 is 0 Å². The van der Waals surface area contributed by atoms with Crippen molar-refractivity contribution in [3.05, 3.63) is 48.0 Å². The van der Waals surface area contributed by atoms with Crippen LogP contribution in [-0.2, 0) is 20.7 Å². The van der Waals surface area contributed by atoms with Gasteiger partial charge in [-0.1, -0.05) is 36.4 Å². The highest BCUT2D eigenvalue weighted by molar-refractivity contribution is 5.93. The number of hydrogen-bond donors (Lipinski definition) is 0. The van der Waals surface area contributed by atoms with Crippen molar-refractivity contribution in [3.63, 3.8) is 0 Å². The lowest BCUT2D eigenvalue weighted by atomic mass is 9.74. The van der Waals surface area contributed by atoms with Gasteiger partial charge in [0.2, 0.25) is 0 Å². The summed E-state index contributed by atoms with van der Waals surface area (Å²) in [5, 5.41) is 0. The summed E-state index contributed by atoms with van der Waals surface area (Å²) in [5.41, 5.74) is 0.381. The van der Waals surface area contributed by atoms with E-state index in [2.05, 4.69) is 0 Å². The molecule has 0 spiro atoms. The molecule has 2 rings (SSSR count). The summed E-state index contributed by atoms with van der Waals surface area (Å²) in [7, 11) is 1.39. The quantitative estimate of drug-likeness (QED) is 0.766. The summed E-state index contributed by atoms with van der Waals surface area (Å²) in [4.78, 5) is 23.3. The highest BCUT2D eigenvalue weighted by Crippen LogP contribution is 2.35. The predicted octanol–water partition coefficient (Wildman–Crippen LogP) is 2.31. The summed E-state index contributed by atoms with van der Waals surface area (Å²) in [5.74, 6) is -0.197. The van der Waals surface area contributed by atoms with Crippen molar-refractivity contribution in [3.8, 4) is 0 Å². The molecule has 0 saturated carbocycles. The van der Waals surface area contributed by atoms with E-state index in [-0.39, 0.29) is 11.8 Å². The zero-order valence-electron chi connectivity index (χ0n) is 10.4. The van der Waals surface area contributed by atoms with Gasteiger partial charge in [0.1, 0.15) is 0 Å². The number of carbonyl (C=O) groups excluding carboxylic acids is 2. The van der Waals surface area contributed by atoms with Gasteiger partial charge in [-0.05, 0) is 24.5 Å². The Morgan fingerprint density at radius 3 is 2.61 bits per heavy atom. The van der Waals surface area contributed by atoms with Crippen molar-refractivity contribution >= 4 is 11.8 Å². The highest BCUT2D eigenvalue weighted by Gasteiger charge is 2.39. The molecule has 0 amide bonds. The van der Waals surface area contributed by atoms with Crippen molar-refractivity contribution in [2.24, 2.45) is 5.41 Å². The van der Waals surface area contributed by atoms with Crippen LogP contribution >= 0.6 is 0 Å². The summed E-state index contributed by atoms with van der Waals surface area (Å²) < 4.78 is 4.90. The van der Waals surface area contributed by atoms with Crippen LogP contribution in [0.15, 0.2) is 42.5 Å². The molecule has 1 aliphatic carbocycles. The monoisotopic (exact) mass is 244 g/mol. The van der Waals surface area contributed by atoms with Crippen LogP contribution in [0, 0.1) is 5.41 Å². The number of carbonyl (C=O) groups is 2. The molecule has 3 heteroatoms. The molecule has 0 fully saturated rings. The van der Waals surface area contributed by atoms with Crippen LogP contribution in [0.2, 0.25) is 0 Å². The minimum atomic E-state index is -0.690. The lowest BCUT2D eigenvalue weighted by Gasteiger charge is -2.29. The Morgan fingerprint density at radius 1 is 1.33 bits per heavy atom. The smallest absolute Gasteiger partial charge is 0.316 e. The van der Waals surface area contributed by atoms with E-state index in [0.29, 0.717) is 19.3 Å². The predicted molar refractivity (Wildman–Crippen MR) is 68.0 cm³/mol. The Morgan fingerprint density at radius 2 is 2.06 bits per heavy atom. The molecule has 0 N–H and O–H groups in total. The van der Waals surface area contributed by atoms with E-state index in [0.717, 1.165) is 5.56 Å². The molecular formula is C15H16O3. The van der Waals surface area contributed by atoms with E-state index in [4.69, 9.17) is 4.74 Å². The van der Waals surface area contributed by atoms with Crippen molar-refractivity contribution in [1.82, 2.24) is 0 Å². The maximum absolute atomic E-state index is 12.0. The Kier molecular flexibility index (Phi) is 3.60. The molecule has 18 heavy (non-hydrogen) atoms. The van der Waals surface area contributed by atoms with Crippen molar-refractivity contribution in [2.45, 2.75) is 19.3 Å². The first-order chi connectivity index (χ1) is 8.66. The first-order valence-corrected chi connectivity index (χ1v) is 6.01. The van der Waals surface area contributed by atoms with Crippen LogP contribution in [-0.4, -0.2) is 18.9 Å². The van der Waals surface area contributed by atoms with Gasteiger partial charge in [0.05, 0.1) is 12.5 Å². The molecular weight excluding hydrogens is 228 g/mol. The van der Waals surface area contributed by atoms with Gasteiger partial charge in [-0.25, -0.2) is 0 Å². The largest absolute Gasteiger partial charge is 0.468 e. The maximum atomic E-state index is 12.0. The topological polar surface area (TPSA) is 43.4 Å². The lowest BCUT2D eigenvalue weighted by Crippen LogP contribution is -2.35. The highest BCUT2D eigenvalue weighted by atomic mass is 16.5. The van der Waals surface area contributed by atoms with E-state index < -0.39 is 5.41 Å². The number of benzene rings is 1. The fourth-order valence-corrected chi connectivity index (χ4v) is 2.32. The molecule has 1 aromatic carbocycles. The van der Waals surface area contributed by atoms with E-state index in [1.54, 1.807) is 6.08 Å². The van der Waals surface area contributed by atoms with Gasteiger partial charge in [-0.15, -0.1) is 0 Å². The second-order valence-corrected chi connectivity index (χ2v) is 4.61. The Bertz CT molecular complexity index is 476. The Balaban J connectivity index is 2.29. The van der Waals surface area contributed by atoms with Crippen LogP contribution in [0.3, 0.4) is 0 Å². The van der Waals surface area contributed by atoms with Gasteiger partial charge in [0, 0.05) is 6.42 Å². The summed E-state index contributed by atoms with van der Waals surface area (Å²) in [6, 6.07) is 9.79. The molecule has 0 saturated heterocycles. The molecule has 1 aromatic rings. The van der Waals surface area contributed by atoms with Gasteiger partial charge in [-0.3, -0.25) is 9.59 Å². The molecule has 0 heterocycles. The first-order valence-electron chi connectivity index (χ1n) is 6.01. The third-order valence-corrected chi connectivity index (χ3v) is 3.36. The molecule has 94 valence electrons. The molecule has 0 radical (unpaired) electrons. The average molecular weight is 244 g/mol. The third kappa shape index (κ3) is 2.50. The summed E-state index contributed by atoms with van der Waals surface area (Å²) >= 11 is 0. The first kappa shape index (κ1) is 12.6. The zero-order valence-corrected chi connectivity index (χ0v) is 10.4. The molecule has 0 aliphatic heterocycles. The maximum Gasteiger partial charge on any atom is 0.316 e. The number of ether oxygens (including phenoxy) is 1. The molecule has 3 nitrogen and oxygen atoms in total. The van der Waals surface area contributed by atoms with E-state index in [9.17, 15) is 9.59 Å². The van der Waals surface area contributed by atoms with Gasteiger partial charge in [-0.2, -0.15) is 0 Å². The van der Waals surface area contributed by atoms with E-state index in [1.807, 2.05) is 30.3 Å². The van der Waals surface area contributed by atoms with Crippen LogP contribution in [0.25, 0.3) is 0 Å². The number of esters is 1. The number of methoxy groups -OCH3 is 1. The summed E-state index contributed by atoms with van der Waals surface area (Å²) in [6.45, 7) is 0. The minimum absolute atomic E-state index is 0.0718. The Labute approximate surface area is 106 Å². The van der Waals surface area contributed by atoms with Crippen LogP contribution in [0.1, 0.15) is 18.4 Å². The van der Waals surface area contributed by atoms with E-state index >= 15 is 0 Å². The molecule has 0 aromatic heterocycles. The fourth-order valence-electron chi connectivity index (χ4n) is 2.32. The SMILES string of the molecule is COC(=O)[C@@]1(Cc2ccccc2)C=CC(=O)CC1. The second kappa shape index (κ2) is 5.17. The lowest BCUT2D eigenvalue weighted by molar-refractivity contribution is -0.150. The second-order valence-electron chi connectivity index (χ2n) is 4.61. The van der Waals surface area contributed by atoms with E-state index in [1.165, 1.54) is 13.2 Å². The zero-order chi connectivity index (χ0) is 13.0. The van der Waals surface area contributed by atoms with Crippen LogP contribution in [0.4, 0.5) is 0 Å². The van der Waals surface area contributed by atoms with Crippen molar-refractivity contribution in [1.29, 1.82) is 0 Å². The van der Waals surface area contributed by atoms with Gasteiger partial charge < -0.3 is 4.74 Å². The van der Waals surface area contributed by atoms with Crippen molar-refractivity contribution < 1.29 is 14.3 Å². The number of allylic oxidation sites excluding steroid dienone is 1. The number of hydrogen-bond acceptors (Lipinski definition) is 3. The van der Waals surface area contributed by atoms with Gasteiger partial charge in [0.25, 0.3) is 0 Å². The molecule has 1 atom stereocenters. The molecule has 1 aliphatic rings. The fraction of sp³-hybridized carbons (Fsp3) is 0.333. The third-order valence-electron chi connectivity index (χ3n) is 3.36. The average Bonchev–Trinajstić information content (AvgIpc) is 2.42. The Hall–Kier alpha value is -1.90. The standard InChI is InChI=1S/C15H16O3/c1-18-14(17)15(9-7-13(16)8-10-15)11-12-5-3-2-4-6-12/h2-7,9H,8,10-11H2,1H3/t15-/m0/s1. The van der Waals surface area contributed by atoms with Crippen LogP contribution in [0.5, 0.6) is 0 Å². The minimum Gasteiger partial charge on any atom is -0.468 e. The summed E-state index contributed by atoms with van der Waals surface area (Å²) in [6.07, 6.45) is 4.70. The molecule has 0 unspecified atom stereocenters. The molecule has 0 bridgehead atoms. The van der Waals surface area contributed by atoms with Gasteiger partial charge >= 0.3 is 5.97 Å². The van der Waals surface area contributed by atoms with Crippen molar-refractivity contribution in [2.75, 3.05) is 7.11 Å². The number of ketones is 1. The van der Waals surface area contributed by atoms with Gasteiger partial charge in [0.15, 0.2) is 5.78 Å². The number of rotatable bonds is 3. The normalized spacial score (nSPS) is 22.8.